The molecule has 0 heterocycles. The summed E-state index contributed by atoms with van der Waals surface area (Å²) in [7, 11) is 0. The molecule has 5 heteroatoms. The van der Waals surface area contributed by atoms with Crippen molar-refractivity contribution in [2.75, 3.05) is 11.9 Å². The maximum absolute atomic E-state index is 12.3. The first-order chi connectivity index (χ1) is 9.61. The zero-order chi connectivity index (χ0) is 14.5. The van der Waals surface area contributed by atoms with E-state index in [0.717, 1.165) is 4.47 Å². The molecule has 2 rings (SSSR count). The first-order valence-corrected chi connectivity index (χ1v) is 6.93. The molecule has 0 aliphatic heterocycles. The fraction of sp³-hybridized carbons (Fsp3) is 0.133. The molecule has 2 N–H and O–H groups in total. The molecule has 0 aromatic heterocycles. The Morgan fingerprint density at radius 2 is 2.05 bits per heavy atom. The number of amides is 1. The minimum absolute atomic E-state index is 0.0220. The number of para-hydroxylation sites is 2. The highest BCUT2D eigenvalue weighted by Gasteiger charge is 2.14. The Balaban J connectivity index is 2.29. The lowest BCUT2D eigenvalue weighted by molar-refractivity contribution is 0.102. The van der Waals surface area contributed by atoms with Gasteiger partial charge in [0.25, 0.3) is 5.91 Å². The average Bonchev–Trinajstić information content (AvgIpc) is 2.43. The monoisotopic (exact) mass is 335 g/mol. The van der Waals surface area contributed by atoms with Crippen LogP contribution in [0, 0.1) is 0 Å². The number of rotatable bonds is 4. The number of nitrogens with one attached hydrogen (secondary N) is 1. The molecule has 4 nitrogen and oxygen atoms in total. The Morgan fingerprint density at radius 3 is 2.75 bits per heavy atom. The number of hydrogen-bond acceptors (Lipinski definition) is 3. The van der Waals surface area contributed by atoms with Gasteiger partial charge in [-0.3, -0.25) is 4.79 Å². The summed E-state index contributed by atoms with van der Waals surface area (Å²) in [6.45, 7) is 2.32. The topological polar surface area (TPSA) is 58.6 Å². The van der Waals surface area contributed by atoms with Gasteiger partial charge in [-0.05, 0) is 37.3 Å². The number of anilines is 1. The second kappa shape index (κ2) is 6.43. The largest absolute Gasteiger partial charge is 0.506 e. The van der Waals surface area contributed by atoms with Gasteiger partial charge in [-0.1, -0.05) is 28.1 Å². The van der Waals surface area contributed by atoms with Crippen LogP contribution < -0.4 is 10.1 Å². The molecule has 2 aromatic carbocycles. The van der Waals surface area contributed by atoms with Crippen LogP contribution in [0.15, 0.2) is 46.9 Å². The number of ether oxygens (including phenoxy) is 1. The molecule has 0 unspecified atom stereocenters. The molecule has 0 radical (unpaired) electrons. The fourth-order valence-electron chi connectivity index (χ4n) is 1.73. The summed E-state index contributed by atoms with van der Waals surface area (Å²) in [6.07, 6.45) is 0. The summed E-state index contributed by atoms with van der Waals surface area (Å²) in [5.74, 6) is 0.189. The van der Waals surface area contributed by atoms with Crippen LogP contribution >= 0.6 is 15.9 Å². The van der Waals surface area contributed by atoms with Crippen LogP contribution in [0.5, 0.6) is 11.5 Å². The Morgan fingerprint density at radius 1 is 1.30 bits per heavy atom. The van der Waals surface area contributed by atoms with Crippen molar-refractivity contribution in [3.05, 3.63) is 52.5 Å². The summed E-state index contributed by atoms with van der Waals surface area (Å²) < 4.78 is 6.22. The number of aromatic hydroxyl groups is 1. The van der Waals surface area contributed by atoms with Gasteiger partial charge in [0.05, 0.1) is 17.9 Å². The Labute approximate surface area is 125 Å². The molecule has 0 saturated carbocycles. The van der Waals surface area contributed by atoms with Gasteiger partial charge in [0.15, 0.2) is 0 Å². The maximum Gasteiger partial charge on any atom is 0.259 e. The van der Waals surface area contributed by atoms with Crippen LogP contribution in [-0.4, -0.2) is 17.6 Å². The normalized spacial score (nSPS) is 10.1. The molecule has 0 atom stereocenters. The second-order valence-electron chi connectivity index (χ2n) is 4.04. The molecule has 104 valence electrons. The summed E-state index contributed by atoms with van der Waals surface area (Å²) in [5, 5.41) is 12.3. The van der Waals surface area contributed by atoms with Crippen molar-refractivity contribution in [3.8, 4) is 11.5 Å². The fourth-order valence-corrected chi connectivity index (χ4v) is 2.09. The Bertz CT molecular complexity index is 628. The number of benzene rings is 2. The smallest absolute Gasteiger partial charge is 0.259 e. The predicted octanol–water partition coefficient (Wildman–Crippen LogP) is 3.81. The number of carbonyl (C=O) groups is 1. The second-order valence-corrected chi connectivity index (χ2v) is 4.96. The van der Waals surface area contributed by atoms with E-state index in [0.29, 0.717) is 23.6 Å². The lowest BCUT2D eigenvalue weighted by Gasteiger charge is -2.11. The van der Waals surface area contributed by atoms with Crippen LogP contribution in [0.4, 0.5) is 5.69 Å². The molecule has 2 aromatic rings. The zero-order valence-electron chi connectivity index (χ0n) is 10.9. The molecule has 0 aliphatic rings. The van der Waals surface area contributed by atoms with Gasteiger partial charge in [-0.2, -0.15) is 0 Å². The van der Waals surface area contributed by atoms with Gasteiger partial charge in [0, 0.05) is 4.47 Å². The van der Waals surface area contributed by atoms with Gasteiger partial charge < -0.3 is 15.2 Å². The molecule has 0 bridgehead atoms. The predicted molar refractivity (Wildman–Crippen MR) is 81.4 cm³/mol. The molecule has 0 spiro atoms. The molecule has 0 fully saturated rings. The van der Waals surface area contributed by atoms with Crippen molar-refractivity contribution in [1.82, 2.24) is 0 Å². The van der Waals surface area contributed by atoms with Crippen LogP contribution in [0.2, 0.25) is 0 Å². The van der Waals surface area contributed by atoms with Crippen molar-refractivity contribution in [2.24, 2.45) is 0 Å². The van der Waals surface area contributed by atoms with E-state index >= 15 is 0 Å². The number of halogens is 1. The number of carbonyl (C=O) groups excluding carboxylic acids is 1. The summed E-state index contributed by atoms with van der Waals surface area (Å²) >= 11 is 3.33. The number of phenols is 1. The van der Waals surface area contributed by atoms with E-state index in [-0.39, 0.29) is 11.7 Å². The SMILES string of the molecule is CCOc1ccc(Br)cc1C(=O)Nc1ccccc1O. The number of phenolic OH excluding ortho intramolecular Hbond substituents is 1. The average molecular weight is 336 g/mol. The van der Waals surface area contributed by atoms with Crippen molar-refractivity contribution in [1.29, 1.82) is 0 Å². The van der Waals surface area contributed by atoms with E-state index in [1.807, 2.05) is 13.0 Å². The van der Waals surface area contributed by atoms with Gasteiger partial charge in [0.2, 0.25) is 0 Å². The minimum atomic E-state index is -0.337. The Hall–Kier alpha value is -2.01. The van der Waals surface area contributed by atoms with Crippen LogP contribution in [0.3, 0.4) is 0 Å². The molecular weight excluding hydrogens is 322 g/mol. The van der Waals surface area contributed by atoms with Crippen LogP contribution in [0.25, 0.3) is 0 Å². The van der Waals surface area contributed by atoms with E-state index < -0.39 is 0 Å². The first kappa shape index (κ1) is 14.4. The highest BCUT2D eigenvalue weighted by atomic mass is 79.9. The third-order valence-corrected chi connectivity index (χ3v) is 3.13. The van der Waals surface area contributed by atoms with Crippen LogP contribution in [-0.2, 0) is 0 Å². The quantitative estimate of drug-likeness (QED) is 0.835. The van der Waals surface area contributed by atoms with Crippen molar-refractivity contribution < 1.29 is 14.6 Å². The highest BCUT2D eigenvalue weighted by Crippen LogP contribution is 2.27. The van der Waals surface area contributed by atoms with Gasteiger partial charge in [-0.25, -0.2) is 0 Å². The van der Waals surface area contributed by atoms with E-state index in [9.17, 15) is 9.90 Å². The summed E-state index contributed by atoms with van der Waals surface area (Å²) in [4.78, 5) is 12.3. The highest BCUT2D eigenvalue weighted by molar-refractivity contribution is 9.10. The van der Waals surface area contributed by atoms with Crippen molar-refractivity contribution in [3.63, 3.8) is 0 Å². The standard InChI is InChI=1S/C15H14BrNO3/c1-2-20-14-8-7-10(16)9-11(14)15(19)17-12-5-3-4-6-13(12)18/h3-9,18H,2H2,1H3,(H,17,19). The lowest BCUT2D eigenvalue weighted by atomic mass is 10.1. The molecule has 0 aliphatic carbocycles. The summed E-state index contributed by atoms with van der Waals surface area (Å²) in [5.41, 5.74) is 0.768. The van der Waals surface area contributed by atoms with E-state index in [1.54, 1.807) is 30.3 Å². The zero-order valence-corrected chi connectivity index (χ0v) is 12.5. The van der Waals surface area contributed by atoms with E-state index in [1.165, 1.54) is 6.07 Å². The van der Waals surface area contributed by atoms with Gasteiger partial charge in [0.1, 0.15) is 11.5 Å². The minimum Gasteiger partial charge on any atom is -0.506 e. The molecular formula is C15H14BrNO3. The van der Waals surface area contributed by atoms with Crippen LogP contribution in [0.1, 0.15) is 17.3 Å². The third kappa shape index (κ3) is 3.30. The third-order valence-electron chi connectivity index (χ3n) is 2.64. The van der Waals surface area contributed by atoms with Crippen molar-refractivity contribution in [2.45, 2.75) is 6.92 Å². The molecule has 1 amide bonds. The van der Waals surface area contributed by atoms with E-state index in [4.69, 9.17) is 4.74 Å². The molecule has 20 heavy (non-hydrogen) atoms. The first-order valence-electron chi connectivity index (χ1n) is 6.13. The van der Waals surface area contributed by atoms with Gasteiger partial charge in [-0.15, -0.1) is 0 Å². The number of hydrogen-bond donors (Lipinski definition) is 2. The molecule has 0 saturated heterocycles. The Kier molecular flexibility index (Phi) is 4.63. The van der Waals surface area contributed by atoms with Crippen molar-refractivity contribution >= 4 is 27.5 Å². The van der Waals surface area contributed by atoms with E-state index in [2.05, 4.69) is 21.2 Å². The lowest BCUT2D eigenvalue weighted by Crippen LogP contribution is -2.13. The summed E-state index contributed by atoms with van der Waals surface area (Å²) in [6, 6.07) is 11.8. The van der Waals surface area contributed by atoms with Gasteiger partial charge >= 0.3 is 0 Å². The maximum atomic E-state index is 12.3.